The van der Waals surface area contributed by atoms with Crippen LogP contribution in [-0.4, -0.2) is 58.0 Å². The van der Waals surface area contributed by atoms with Gasteiger partial charge in [0.1, 0.15) is 12.2 Å². The van der Waals surface area contributed by atoms with Crippen LogP contribution in [-0.2, 0) is 31.3 Å². The number of amides is 3. The molecular weight excluding hydrogens is 478 g/mol. The lowest BCUT2D eigenvalue weighted by molar-refractivity contribution is -0.146. The van der Waals surface area contributed by atoms with Crippen LogP contribution in [0.3, 0.4) is 0 Å². The quantitative estimate of drug-likeness (QED) is 0.363. The summed E-state index contributed by atoms with van der Waals surface area (Å²) in [7, 11) is 0. The minimum absolute atomic E-state index is 0.0549. The van der Waals surface area contributed by atoms with Gasteiger partial charge in [-0.05, 0) is 62.6 Å². The molecule has 4 rings (SSSR count). The third-order valence-corrected chi connectivity index (χ3v) is 6.95. The van der Waals surface area contributed by atoms with Gasteiger partial charge in [-0.3, -0.25) is 14.4 Å². The summed E-state index contributed by atoms with van der Waals surface area (Å²) in [5.74, 6) is -1.47. The second kappa shape index (κ2) is 10.6. The monoisotopic (exact) mass is 511 g/mol. The van der Waals surface area contributed by atoms with Crippen molar-refractivity contribution in [2.45, 2.75) is 64.1 Å². The Morgan fingerprint density at radius 1 is 1.05 bits per heavy atom. The molecule has 0 bridgehead atoms. The maximum absolute atomic E-state index is 14.0. The van der Waals surface area contributed by atoms with Gasteiger partial charge in [0.2, 0.25) is 0 Å². The van der Waals surface area contributed by atoms with Crippen molar-refractivity contribution in [2.24, 2.45) is 5.92 Å². The van der Waals surface area contributed by atoms with E-state index in [0.717, 1.165) is 5.56 Å². The largest absolute Gasteiger partial charge is 0.396 e. The van der Waals surface area contributed by atoms with Crippen LogP contribution < -0.4 is 15.5 Å². The highest BCUT2D eigenvalue weighted by atomic mass is 16.5. The Hall–Kier alpha value is -3.31. The summed E-state index contributed by atoms with van der Waals surface area (Å²) in [6.07, 6.45) is -1.60. The minimum atomic E-state index is -1.26. The molecule has 0 radical (unpaired) electrons. The zero-order chi connectivity index (χ0) is 26.9. The molecule has 37 heavy (non-hydrogen) atoms. The van der Waals surface area contributed by atoms with Gasteiger partial charge in [0.15, 0.2) is 5.60 Å². The fourth-order valence-electron chi connectivity index (χ4n) is 5.00. The molecule has 0 aliphatic carbocycles. The third-order valence-electron chi connectivity index (χ3n) is 6.95. The molecule has 0 unspecified atom stereocenters. The van der Waals surface area contributed by atoms with E-state index in [-0.39, 0.29) is 31.1 Å². The molecule has 0 saturated carbocycles. The lowest BCUT2D eigenvalue weighted by atomic mass is 9.82. The highest BCUT2D eigenvalue weighted by Crippen LogP contribution is 2.54. The second-order valence-electron chi connectivity index (χ2n) is 9.78. The molecule has 1 fully saturated rings. The fourth-order valence-corrected chi connectivity index (χ4v) is 5.00. The third kappa shape index (κ3) is 5.10. The first kappa shape index (κ1) is 26.7. The zero-order valence-corrected chi connectivity index (χ0v) is 21.1. The first-order chi connectivity index (χ1) is 17.6. The number of benzene rings is 2. The second-order valence-corrected chi connectivity index (χ2v) is 9.78. The van der Waals surface area contributed by atoms with Gasteiger partial charge < -0.3 is 35.6 Å². The molecule has 1 saturated heterocycles. The van der Waals surface area contributed by atoms with Crippen LogP contribution in [0.25, 0.3) is 0 Å². The predicted octanol–water partition coefficient (Wildman–Crippen LogP) is 1.87. The van der Waals surface area contributed by atoms with E-state index in [1.165, 1.54) is 13.8 Å². The van der Waals surface area contributed by atoms with Gasteiger partial charge in [-0.25, -0.2) is 0 Å². The Morgan fingerprint density at radius 2 is 1.65 bits per heavy atom. The van der Waals surface area contributed by atoms with Crippen molar-refractivity contribution in [2.75, 3.05) is 22.1 Å². The Labute approximate surface area is 215 Å². The molecule has 198 valence electrons. The Morgan fingerprint density at radius 3 is 2.24 bits per heavy atom. The number of aliphatic hydroxyl groups excluding tert-OH is 3. The number of anilines is 3. The number of rotatable bonds is 8. The number of nitrogens with one attached hydrogen (secondary N) is 2. The molecule has 10 heteroatoms. The number of fused-ring (bicyclic) bond motifs is 2. The Kier molecular flexibility index (Phi) is 7.65. The molecule has 1 spiro atoms. The van der Waals surface area contributed by atoms with E-state index in [1.807, 2.05) is 6.92 Å². The van der Waals surface area contributed by atoms with Crippen molar-refractivity contribution in [3.05, 3.63) is 53.6 Å². The fraction of sp³-hybridized carbons (Fsp3) is 0.444. The molecule has 0 aromatic heterocycles. The van der Waals surface area contributed by atoms with Gasteiger partial charge in [0.05, 0.1) is 18.3 Å². The average molecular weight is 512 g/mol. The highest BCUT2D eigenvalue weighted by Gasteiger charge is 2.60. The van der Waals surface area contributed by atoms with Crippen LogP contribution in [0, 0.1) is 5.92 Å². The van der Waals surface area contributed by atoms with Crippen molar-refractivity contribution in [1.82, 2.24) is 0 Å². The number of ether oxygens (including phenoxy) is 1. The van der Waals surface area contributed by atoms with Crippen LogP contribution in [0.1, 0.15) is 44.7 Å². The maximum Gasteiger partial charge on any atom is 0.264 e. The molecule has 5 atom stereocenters. The average Bonchev–Trinajstić information content (AvgIpc) is 3.30. The SMILES string of the molecule is C[C@H](O)C(=O)Nc1ccc(CN2C(=O)[C@@]3(O[C@@H](CCO)C[C@H]3C)c3cc(NC(=O)[C@H](C)O)ccc32)cc1. The first-order valence-corrected chi connectivity index (χ1v) is 12.4. The molecule has 2 aromatic carbocycles. The van der Waals surface area contributed by atoms with Gasteiger partial charge in [0, 0.05) is 29.5 Å². The van der Waals surface area contributed by atoms with Gasteiger partial charge in [-0.1, -0.05) is 19.1 Å². The van der Waals surface area contributed by atoms with Gasteiger partial charge in [-0.15, -0.1) is 0 Å². The zero-order valence-electron chi connectivity index (χ0n) is 21.1. The normalized spacial score (nSPS) is 24.2. The van der Waals surface area contributed by atoms with Crippen LogP contribution in [0.2, 0.25) is 0 Å². The summed E-state index contributed by atoms with van der Waals surface area (Å²) < 4.78 is 6.38. The van der Waals surface area contributed by atoms with E-state index in [0.29, 0.717) is 35.5 Å². The van der Waals surface area contributed by atoms with E-state index >= 15 is 0 Å². The smallest absolute Gasteiger partial charge is 0.264 e. The molecule has 5 N–H and O–H groups in total. The molecule has 2 heterocycles. The standard InChI is InChI=1S/C27H33N3O7/c1-15-12-21(10-11-31)37-27(15)22-13-20(29-25(35)17(3)33)8-9-23(22)30(26(27)36)14-18-4-6-19(7-5-18)28-24(34)16(2)32/h4-9,13,15-17,21,31-33H,10-12,14H2,1-3H3,(H,28,34)(H,29,35)/t15-,16+,17+,21+,27+/m1/s1. The van der Waals surface area contributed by atoms with Crippen molar-refractivity contribution in [1.29, 1.82) is 0 Å². The highest BCUT2D eigenvalue weighted by molar-refractivity contribution is 6.08. The van der Waals surface area contributed by atoms with Crippen LogP contribution in [0.5, 0.6) is 0 Å². The van der Waals surface area contributed by atoms with Gasteiger partial charge in [0.25, 0.3) is 17.7 Å². The van der Waals surface area contributed by atoms with Crippen molar-refractivity contribution < 1.29 is 34.4 Å². The van der Waals surface area contributed by atoms with Crippen molar-refractivity contribution >= 4 is 34.8 Å². The van der Waals surface area contributed by atoms with E-state index in [4.69, 9.17) is 4.74 Å². The lowest BCUT2D eigenvalue weighted by Crippen LogP contribution is -2.43. The summed E-state index contributed by atoms with van der Waals surface area (Å²) in [6.45, 7) is 4.90. The molecule has 2 aliphatic heterocycles. The number of carbonyl (C=O) groups excluding carboxylic acids is 3. The molecule has 3 amide bonds. The van der Waals surface area contributed by atoms with Crippen LogP contribution >= 0.6 is 0 Å². The predicted molar refractivity (Wildman–Crippen MR) is 137 cm³/mol. The summed E-state index contributed by atoms with van der Waals surface area (Å²) >= 11 is 0. The van der Waals surface area contributed by atoms with Gasteiger partial charge in [-0.2, -0.15) is 0 Å². The summed E-state index contributed by atoms with van der Waals surface area (Å²) in [6, 6.07) is 12.1. The summed E-state index contributed by atoms with van der Waals surface area (Å²) in [5, 5.41) is 33.8. The number of aliphatic hydroxyl groups is 3. The summed E-state index contributed by atoms with van der Waals surface area (Å²) in [5.41, 5.74) is 1.81. The van der Waals surface area contributed by atoms with E-state index in [1.54, 1.807) is 47.4 Å². The number of carbonyl (C=O) groups is 3. The minimum Gasteiger partial charge on any atom is -0.396 e. The number of hydrogen-bond acceptors (Lipinski definition) is 7. The van der Waals surface area contributed by atoms with E-state index < -0.39 is 29.6 Å². The van der Waals surface area contributed by atoms with Crippen molar-refractivity contribution in [3.63, 3.8) is 0 Å². The Bertz CT molecular complexity index is 1180. The first-order valence-electron chi connectivity index (χ1n) is 12.4. The molecule has 10 nitrogen and oxygen atoms in total. The lowest BCUT2D eigenvalue weighted by Gasteiger charge is -2.28. The topological polar surface area (TPSA) is 148 Å². The van der Waals surface area contributed by atoms with E-state index in [2.05, 4.69) is 10.6 Å². The number of nitrogens with zero attached hydrogens (tertiary/aromatic N) is 1. The van der Waals surface area contributed by atoms with E-state index in [9.17, 15) is 29.7 Å². The maximum atomic E-state index is 14.0. The van der Waals surface area contributed by atoms with Crippen LogP contribution in [0.15, 0.2) is 42.5 Å². The molecule has 2 aromatic rings. The number of hydrogen-bond donors (Lipinski definition) is 5. The van der Waals surface area contributed by atoms with Crippen molar-refractivity contribution in [3.8, 4) is 0 Å². The molecular formula is C27H33N3O7. The summed E-state index contributed by atoms with van der Waals surface area (Å²) in [4.78, 5) is 39.5. The van der Waals surface area contributed by atoms with Gasteiger partial charge >= 0.3 is 0 Å². The molecule has 2 aliphatic rings. The Balaban J connectivity index is 1.66. The van der Waals surface area contributed by atoms with Crippen LogP contribution in [0.4, 0.5) is 17.1 Å².